The van der Waals surface area contributed by atoms with Crippen molar-refractivity contribution in [1.29, 1.82) is 0 Å². The first-order valence-electron chi connectivity index (χ1n) is 6.65. The number of hydrogen-bond acceptors (Lipinski definition) is 3. The van der Waals surface area contributed by atoms with Crippen molar-refractivity contribution in [1.82, 2.24) is 9.80 Å². The Labute approximate surface area is 105 Å². The Kier molecular flexibility index (Phi) is 5.92. The van der Waals surface area contributed by atoms with Crippen LogP contribution in [-0.2, 0) is 4.79 Å². The number of carbonyl (C=O) groups is 1. The zero-order valence-electron chi connectivity index (χ0n) is 11.5. The fourth-order valence-electron chi connectivity index (χ4n) is 2.55. The van der Waals surface area contributed by atoms with Crippen LogP contribution in [0.3, 0.4) is 0 Å². The Balaban J connectivity index is 2.39. The lowest BCUT2D eigenvalue weighted by Gasteiger charge is -2.29. The van der Waals surface area contributed by atoms with Crippen molar-refractivity contribution in [3.05, 3.63) is 0 Å². The highest BCUT2D eigenvalue weighted by atomic mass is 16.2. The Bertz CT molecular complexity index is 237. The maximum absolute atomic E-state index is 11.7. The normalized spacial score (nSPS) is 18.6. The van der Waals surface area contributed by atoms with E-state index in [0.29, 0.717) is 13.0 Å². The zero-order valence-corrected chi connectivity index (χ0v) is 11.5. The van der Waals surface area contributed by atoms with Crippen molar-refractivity contribution >= 4 is 5.91 Å². The molecular formula is C13H27N3O. The minimum absolute atomic E-state index is 0.165. The van der Waals surface area contributed by atoms with Gasteiger partial charge < -0.3 is 15.5 Å². The molecule has 0 heterocycles. The smallest absolute Gasteiger partial charge is 0.223 e. The molecule has 0 aliphatic heterocycles. The van der Waals surface area contributed by atoms with Crippen LogP contribution in [0.15, 0.2) is 0 Å². The van der Waals surface area contributed by atoms with Gasteiger partial charge in [0.2, 0.25) is 5.91 Å². The van der Waals surface area contributed by atoms with Crippen LogP contribution in [-0.4, -0.2) is 56.0 Å². The molecule has 1 aliphatic rings. The SMILES string of the molecule is CN(C)C(=O)CC(CN)N(C)CC1CCCC1. The Morgan fingerprint density at radius 3 is 2.35 bits per heavy atom. The second kappa shape index (κ2) is 6.97. The van der Waals surface area contributed by atoms with Crippen LogP contribution in [0.25, 0.3) is 0 Å². The summed E-state index contributed by atoms with van der Waals surface area (Å²) in [7, 11) is 5.69. The molecule has 1 unspecified atom stereocenters. The summed E-state index contributed by atoms with van der Waals surface area (Å²) in [6.07, 6.45) is 5.93. The molecule has 0 aromatic rings. The first-order valence-corrected chi connectivity index (χ1v) is 6.65. The third-order valence-corrected chi connectivity index (χ3v) is 3.83. The molecule has 0 bridgehead atoms. The van der Waals surface area contributed by atoms with Gasteiger partial charge in [-0.15, -0.1) is 0 Å². The molecular weight excluding hydrogens is 214 g/mol. The van der Waals surface area contributed by atoms with Gasteiger partial charge in [0.1, 0.15) is 0 Å². The van der Waals surface area contributed by atoms with Crippen LogP contribution in [0.4, 0.5) is 0 Å². The summed E-state index contributed by atoms with van der Waals surface area (Å²) in [6, 6.07) is 0.186. The van der Waals surface area contributed by atoms with Crippen molar-refractivity contribution < 1.29 is 4.79 Å². The van der Waals surface area contributed by atoms with E-state index in [-0.39, 0.29) is 11.9 Å². The molecule has 1 atom stereocenters. The maximum Gasteiger partial charge on any atom is 0.223 e. The topological polar surface area (TPSA) is 49.6 Å². The molecule has 17 heavy (non-hydrogen) atoms. The molecule has 0 aromatic heterocycles. The third-order valence-electron chi connectivity index (χ3n) is 3.83. The molecule has 0 spiro atoms. The third kappa shape index (κ3) is 4.64. The lowest BCUT2D eigenvalue weighted by atomic mass is 10.1. The molecule has 100 valence electrons. The minimum atomic E-state index is 0.165. The molecule has 0 radical (unpaired) electrons. The van der Waals surface area contributed by atoms with Crippen molar-refractivity contribution in [3.8, 4) is 0 Å². The number of likely N-dealkylation sites (N-methyl/N-ethyl adjacent to an activating group) is 1. The molecule has 2 N–H and O–H groups in total. The number of nitrogens with two attached hydrogens (primary N) is 1. The molecule has 0 saturated heterocycles. The van der Waals surface area contributed by atoms with E-state index in [1.807, 2.05) is 0 Å². The highest BCUT2D eigenvalue weighted by Crippen LogP contribution is 2.25. The van der Waals surface area contributed by atoms with Gasteiger partial charge >= 0.3 is 0 Å². The van der Waals surface area contributed by atoms with Crippen molar-refractivity contribution in [2.24, 2.45) is 11.7 Å². The maximum atomic E-state index is 11.7. The van der Waals surface area contributed by atoms with Crippen LogP contribution >= 0.6 is 0 Å². The van der Waals surface area contributed by atoms with E-state index in [9.17, 15) is 4.79 Å². The number of nitrogens with zero attached hydrogens (tertiary/aromatic N) is 2. The van der Waals surface area contributed by atoms with Gasteiger partial charge in [-0.05, 0) is 25.8 Å². The lowest BCUT2D eigenvalue weighted by molar-refractivity contribution is -0.129. The van der Waals surface area contributed by atoms with E-state index in [2.05, 4.69) is 11.9 Å². The number of carbonyl (C=O) groups excluding carboxylic acids is 1. The summed E-state index contributed by atoms with van der Waals surface area (Å²) < 4.78 is 0. The summed E-state index contributed by atoms with van der Waals surface area (Å²) in [5, 5.41) is 0. The van der Waals surface area contributed by atoms with E-state index in [1.165, 1.54) is 25.7 Å². The van der Waals surface area contributed by atoms with Crippen LogP contribution in [0.5, 0.6) is 0 Å². The van der Waals surface area contributed by atoms with Crippen LogP contribution in [0.2, 0.25) is 0 Å². The Morgan fingerprint density at radius 2 is 1.88 bits per heavy atom. The molecule has 1 aliphatic carbocycles. The molecule has 0 aromatic carbocycles. The molecule has 1 fully saturated rings. The van der Waals surface area contributed by atoms with Gasteiger partial charge in [-0.25, -0.2) is 0 Å². The van der Waals surface area contributed by atoms with Gasteiger partial charge in [0, 0.05) is 39.6 Å². The molecule has 4 nitrogen and oxygen atoms in total. The first kappa shape index (κ1) is 14.5. The van der Waals surface area contributed by atoms with E-state index in [4.69, 9.17) is 5.73 Å². The monoisotopic (exact) mass is 241 g/mol. The van der Waals surface area contributed by atoms with Crippen LogP contribution < -0.4 is 5.73 Å². The zero-order chi connectivity index (χ0) is 12.8. The van der Waals surface area contributed by atoms with E-state index in [0.717, 1.165) is 12.5 Å². The fourth-order valence-corrected chi connectivity index (χ4v) is 2.55. The van der Waals surface area contributed by atoms with Crippen LogP contribution in [0, 0.1) is 5.92 Å². The second-order valence-electron chi connectivity index (χ2n) is 5.47. The average Bonchev–Trinajstić information content (AvgIpc) is 2.77. The summed E-state index contributed by atoms with van der Waals surface area (Å²) in [4.78, 5) is 15.6. The fraction of sp³-hybridized carbons (Fsp3) is 0.923. The van der Waals surface area contributed by atoms with Crippen LogP contribution in [0.1, 0.15) is 32.1 Å². The molecule has 1 saturated carbocycles. The minimum Gasteiger partial charge on any atom is -0.349 e. The number of amides is 1. The van der Waals surface area contributed by atoms with Crippen molar-refractivity contribution in [2.75, 3.05) is 34.2 Å². The molecule has 1 amide bonds. The first-order chi connectivity index (χ1) is 8.04. The molecule has 4 heteroatoms. The van der Waals surface area contributed by atoms with Crippen molar-refractivity contribution in [2.45, 2.75) is 38.1 Å². The summed E-state index contributed by atoms with van der Waals surface area (Å²) in [5.74, 6) is 0.974. The van der Waals surface area contributed by atoms with Gasteiger partial charge in [-0.2, -0.15) is 0 Å². The van der Waals surface area contributed by atoms with Gasteiger partial charge in [-0.1, -0.05) is 12.8 Å². The van der Waals surface area contributed by atoms with Gasteiger partial charge in [0.05, 0.1) is 0 Å². The standard InChI is InChI=1S/C13H27N3O/c1-15(2)13(17)8-12(9-14)16(3)10-11-6-4-5-7-11/h11-12H,4-10,14H2,1-3H3. The summed E-state index contributed by atoms with van der Waals surface area (Å²) >= 11 is 0. The summed E-state index contributed by atoms with van der Waals surface area (Å²) in [5.41, 5.74) is 5.78. The highest BCUT2D eigenvalue weighted by molar-refractivity contribution is 5.76. The average molecular weight is 241 g/mol. The van der Waals surface area contributed by atoms with E-state index >= 15 is 0 Å². The van der Waals surface area contributed by atoms with Crippen molar-refractivity contribution in [3.63, 3.8) is 0 Å². The van der Waals surface area contributed by atoms with Gasteiger partial charge in [-0.3, -0.25) is 4.79 Å². The predicted molar refractivity (Wildman–Crippen MR) is 70.7 cm³/mol. The largest absolute Gasteiger partial charge is 0.349 e. The Hall–Kier alpha value is -0.610. The quantitative estimate of drug-likeness (QED) is 0.752. The number of hydrogen-bond donors (Lipinski definition) is 1. The predicted octanol–water partition coefficient (Wildman–Crippen LogP) is 0.914. The van der Waals surface area contributed by atoms with Gasteiger partial charge in [0.15, 0.2) is 0 Å². The summed E-state index contributed by atoms with van der Waals surface area (Å²) in [6.45, 7) is 1.64. The Morgan fingerprint density at radius 1 is 1.29 bits per heavy atom. The number of rotatable bonds is 6. The van der Waals surface area contributed by atoms with E-state index in [1.54, 1.807) is 19.0 Å². The highest BCUT2D eigenvalue weighted by Gasteiger charge is 2.22. The molecule has 1 rings (SSSR count). The van der Waals surface area contributed by atoms with Gasteiger partial charge in [0.25, 0.3) is 0 Å². The van der Waals surface area contributed by atoms with E-state index < -0.39 is 0 Å². The second-order valence-corrected chi connectivity index (χ2v) is 5.47. The lowest BCUT2D eigenvalue weighted by Crippen LogP contribution is -2.43.